The van der Waals surface area contributed by atoms with Gasteiger partial charge in [-0.3, -0.25) is 4.79 Å². The fraction of sp³-hybridized carbons (Fsp3) is 0.417. The summed E-state index contributed by atoms with van der Waals surface area (Å²) in [7, 11) is 0. The average Bonchev–Trinajstić information content (AvgIpc) is 2.52. The van der Waals surface area contributed by atoms with E-state index in [9.17, 15) is 4.79 Å². The van der Waals surface area contributed by atoms with Gasteiger partial charge in [0.25, 0.3) is 0 Å². The zero-order valence-electron chi connectivity index (χ0n) is 8.66. The summed E-state index contributed by atoms with van der Waals surface area (Å²) in [6.07, 6.45) is 1.96. The molecule has 0 saturated carbocycles. The van der Waals surface area contributed by atoms with E-state index >= 15 is 0 Å². The smallest absolute Gasteiger partial charge is 0.150 e. The molecule has 1 atom stereocenters. The number of carbonyl (C=O) groups is 1. The van der Waals surface area contributed by atoms with Crippen molar-refractivity contribution >= 4 is 12.0 Å². The van der Waals surface area contributed by atoms with Crippen LogP contribution in [0.2, 0.25) is 0 Å². The van der Waals surface area contributed by atoms with Crippen LogP contribution in [0.3, 0.4) is 0 Å². The Balaban J connectivity index is 2.50. The van der Waals surface area contributed by atoms with Crippen LogP contribution in [-0.4, -0.2) is 18.9 Å². The summed E-state index contributed by atoms with van der Waals surface area (Å²) >= 11 is 0. The van der Waals surface area contributed by atoms with E-state index in [1.54, 1.807) is 0 Å². The van der Waals surface area contributed by atoms with Crippen LogP contribution in [0.15, 0.2) is 18.2 Å². The van der Waals surface area contributed by atoms with Crippen molar-refractivity contribution in [1.29, 1.82) is 0 Å². The molecule has 0 aliphatic carbocycles. The van der Waals surface area contributed by atoms with Crippen molar-refractivity contribution in [2.24, 2.45) is 0 Å². The average molecular weight is 189 g/mol. The number of hydrogen-bond donors (Lipinski definition) is 0. The van der Waals surface area contributed by atoms with Gasteiger partial charge in [-0.1, -0.05) is 12.1 Å². The quantitative estimate of drug-likeness (QED) is 0.665. The number of benzene rings is 1. The molecule has 0 spiro atoms. The summed E-state index contributed by atoms with van der Waals surface area (Å²) in [6, 6.07) is 6.49. The third-order valence-corrected chi connectivity index (χ3v) is 3.00. The summed E-state index contributed by atoms with van der Waals surface area (Å²) < 4.78 is 0. The van der Waals surface area contributed by atoms with E-state index in [0.29, 0.717) is 6.04 Å². The number of fused-ring (bicyclic) bond motifs is 1. The molecule has 0 N–H and O–H groups in total. The van der Waals surface area contributed by atoms with Crippen LogP contribution in [0.25, 0.3) is 0 Å². The molecule has 1 heterocycles. The van der Waals surface area contributed by atoms with Gasteiger partial charge >= 0.3 is 0 Å². The molecule has 1 aliphatic rings. The molecule has 0 amide bonds. The highest BCUT2D eigenvalue weighted by atomic mass is 16.1. The van der Waals surface area contributed by atoms with E-state index in [-0.39, 0.29) is 0 Å². The summed E-state index contributed by atoms with van der Waals surface area (Å²) in [5.74, 6) is 0. The Morgan fingerprint density at radius 1 is 1.57 bits per heavy atom. The van der Waals surface area contributed by atoms with Crippen LogP contribution in [0.4, 0.5) is 5.69 Å². The van der Waals surface area contributed by atoms with Gasteiger partial charge in [-0.05, 0) is 31.9 Å². The molecule has 2 rings (SSSR count). The third-order valence-electron chi connectivity index (χ3n) is 3.00. The Morgan fingerprint density at radius 3 is 3.00 bits per heavy atom. The Morgan fingerprint density at radius 2 is 2.36 bits per heavy atom. The maximum absolute atomic E-state index is 10.8. The molecule has 74 valence electrons. The molecule has 1 aromatic carbocycles. The molecule has 2 heteroatoms. The molecule has 1 aromatic rings. The monoisotopic (exact) mass is 189 g/mol. The molecule has 14 heavy (non-hydrogen) atoms. The van der Waals surface area contributed by atoms with Gasteiger partial charge in [0.05, 0.1) is 0 Å². The Kier molecular flexibility index (Phi) is 2.28. The molecule has 0 saturated heterocycles. The summed E-state index contributed by atoms with van der Waals surface area (Å²) in [5.41, 5.74) is 3.31. The first-order chi connectivity index (χ1) is 6.77. The highest BCUT2D eigenvalue weighted by Gasteiger charge is 2.26. The fourth-order valence-electron chi connectivity index (χ4n) is 2.32. The molecule has 1 unspecified atom stereocenters. The zero-order valence-corrected chi connectivity index (χ0v) is 8.66. The highest BCUT2D eigenvalue weighted by molar-refractivity contribution is 5.82. The number of rotatable bonds is 2. The van der Waals surface area contributed by atoms with E-state index < -0.39 is 0 Å². The maximum atomic E-state index is 10.8. The number of hydrogen-bond acceptors (Lipinski definition) is 2. The van der Waals surface area contributed by atoms with Crippen LogP contribution in [0.1, 0.15) is 29.8 Å². The molecule has 0 fully saturated rings. The predicted octanol–water partition coefficient (Wildman–Crippen LogP) is 2.27. The van der Waals surface area contributed by atoms with Crippen molar-refractivity contribution < 1.29 is 4.79 Å². The Labute approximate surface area is 84.5 Å². The number of anilines is 1. The standard InChI is InChI=1S/C12H15NO/c1-3-13-9(2)7-11-10(8-14)5-4-6-12(11)13/h4-6,8-9H,3,7H2,1-2H3. The lowest BCUT2D eigenvalue weighted by Crippen LogP contribution is -2.28. The number of carbonyl (C=O) groups excluding carboxylic acids is 1. The van der Waals surface area contributed by atoms with Crippen molar-refractivity contribution in [1.82, 2.24) is 0 Å². The van der Waals surface area contributed by atoms with Crippen molar-refractivity contribution in [2.45, 2.75) is 26.3 Å². The van der Waals surface area contributed by atoms with Gasteiger partial charge in [-0.15, -0.1) is 0 Å². The lowest BCUT2D eigenvalue weighted by atomic mass is 10.0. The van der Waals surface area contributed by atoms with E-state index in [1.165, 1.54) is 11.3 Å². The number of likely N-dealkylation sites (N-methyl/N-ethyl adjacent to an activating group) is 1. The summed E-state index contributed by atoms with van der Waals surface area (Å²) in [5, 5.41) is 0. The van der Waals surface area contributed by atoms with E-state index in [2.05, 4.69) is 24.8 Å². The highest BCUT2D eigenvalue weighted by Crippen LogP contribution is 2.33. The van der Waals surface area contributed by atoms with E-state index in [0.717, 1.165) is 24.8 Å². The number of aldehydes is 1. The second kappa shape index (κ2) is 3.45. The molecule has 0 radical (unpaired) electrons. The predicted molar refractivity (Wildman–Crippen MR) is 58.0 cm³/mol. The van der Waals surface area contributed by atoms with Gasteiger partial charge in [0.2, 0.25) is 0 Å². The largest absolute Gasteiger partial charge is 0.369 e. The minimum atomic E-state index is 0.524. The Bertz CT molecular complexity index is 359. The minimum Gasteiger partial charge on any atom is -0.369 e. The molecular weight excluding hydrogens is 174 g/mol. The topological polar surface area (TPSA) is 20.3 Å². The van der Waals surface area contributed by atoms with E-state index in [4.69, 9.17) is 0 Å². The summed E-state index contributed by atoms with van der Waals surface area (Å²) in [6.45, 7) is 5.37. The molecule has 2 nitrogen and oxygen atoms in total. The molecular formula is C12H15NO. The molecule has 0 bridgehead atoms. The Hall–Kier alpha value is -1.31. The van der Waals surface area contributed by atoms with Crippen molar-refractivity contribution in [3.8, 4) is 0 Å². The zero-order chi connectivity index (χ0) is 10.1. The van der Waals surface area contributed by atoms with Gasteiger partial charge in [0.1, 0.15) is 6.29 Å². The first-order valence-electron chi connectivity index (χ1n) is 5.11. The van der Waals surface area contributed by atoms with Gasteiger partial charge in [0, 0.05) is 23.8 Å². The third kappa shape index (κ3) is 1.22. The minimum absolute atomic E-state index is 0.524. The lowest BCUT2D eigenvalue weighted by molar-refractivity contribution is 0.112. The van der Waals surface area contributed by atoms with Gasteiger partial charge in [-0.25, -0.2) is 0 Å². The van der Waals surface area contributed by atoms with E-state index in [1.807, 2.05) is 12.1 Å². The normalized spacial score (nSPS) is 19.6. The van der Waals surface area contributed by atoms with Gasteiger partial charge < -0.3 is 4.90 Å². The SMILES string of the molecule is CCN1c2cccc(C=O)c2CC1C. The van der Waals surface area contributed by atoms with Crippen LogP contribution in [-0.2, 0) is 6.42 Å². The first kappa shape index (κ1) is 9.25. The second-order valence-corrected chi connectivity index (χ2v) is 3.80. The summed E-state index contributed by atoms with van der Waals surface area (Å²) in [4.78, 5) is 13.2. The second-order valence-electron chi connectivity index (χ2n) is 3.80. The molecule has 1 aliphatic heterocycles. The van der Waals surface area contributed by atoms with Crippen molar-refractivity contribution in [2.75, 3.05) is 11.4 Å². The first-order valence-corrected chi connectivity index (χ1v) is 5.11. The van der Waals surface area contributed by atoms with Crippen LogP contribution >= 0.6 is 0 Å². The van der Waals surface area contributed by atoms with Crippen LogP contribution in [0, 0.1) is 0 Å². The van der Waals surface area contributed by atoms with Crippen LogP contribution in [0.5, 0.6) is 0 Å². The lowest BCUT2D eigenvalue weighted by Gasteiger charge is -2.22. The van der Waals surface area contributed by atoms with Gasteiger partial charge in [0.15, 0.2) is 0 Å². The van der Waals surface area contributed by atoms with Gasteiger partial charge in [-0.2, -0.15) is 0 Å². The molecule has 0 aromatic heterocycles. The van der Waals surface area contributed by atoms with Crippen molar-refractivity contribution in [3.05, 3.63) is 29.3 Å². The van der Waals surface area contributed by atoms with Crippen LogP contribution < -0.4 is 4.90 Å². The van der Waals surface area contributed by atoms with Crippen molar-refractivity contribution in [3.63, 3.8) is 0 Å². The maximum Gasteiger partial charge on any atom is 0.150 e. The number of nitrogens with zero attached hydrogens (tertiary/aromatic N) is 1. The fourth-order valence-corrected chi connectivity index (χ4v) is 2.32.